The monoisotopic (exact) mass is 430 g/mol. The smallest absolute Gasteiger partial charge is 0.237 e. The number of thioether (sulfide) groups is 2. The molecule has 1 N–H and O–H groups in total. The number of hydrogen-bond acceptors (Lipinski definition) is 5. The Balaban J connectivity index is 1.44. The van der Waals surface area contributed by atoms with Gasteiger partial charge in [0.1, 0.15) is 0 Å². The minimum Gasteiger partial charge on any atom is -0.311 e. The molecule has 0 fully saturated rings. The normalized spacial score (nSPS) is 16.5. The van der Waals surface area contributed by atoms with Crippen LogP contribution in [0.15, 0.2) is 58.6 Å². The lowest BCUT2D eigenvalue weighted by atomic mass is 10.2. The summed E-state index contributed by atoms with van der Waals surface area (Å²) in [7, 11) is 0. The summed E-state index contributed by atoms with van der Waals surface area (Å²) in [5.41, 5.74) is 1.90. The summed E-state index contributed by atoms with van der Waals surface area (Å²) in [6, 6.07) is 15.5. The van der Waals surface area contributed by atoms with Crippen LogP contribution in [0, 0.1) is 0 Å². The van der Waals surface area contributed by atoms with Gasteiger partial charge in [-0.25, -0.2) is 4.98 Å². The van der Waals surface area contributed by atoms with Crippen LogP contribution in [0.1, 0.15) is 13.3 Å². The Bertz CT molecular complexity index is 976. The highest BCUT2D eigenvalue weighted by molar-refractivity contribution is 8.00. The number of nitrogens with one attached hydrogen (secondary N) is 1. The maximum Gasteiger partial charge on any atom is 0.237 e. The molecule has 2 heterocycles. The molecule has 8 heteroatoms. The number of para-hydroxylation sites is 1. The quantitative estimate of drug-likeness (QED) is 0.581. The van der Waals surface area contributed by atoms with E-state index in [0.717, 1.165) is 29.1 Å². The Morgan fingerprint density at radius 3 is 2.89 bits per heavy atom. The number of halogens is 1. The van der Waals surface area contributed by atoms with E-state index in [1.54, 1.807) is 0 Å². The van der Waals surface area contributed by atoms with Crippen molar-refractivity contribution in [3.05, 3.63) is 53.6 Å². The standard InChI is InChI=1S/C20H19ClN4OS2/c1-13-10-11-25(16-4-2-3-5-17(16)28-13)18(26)12-27-20-22-19(23-24-20)14-6-8-15(21)9-7-14/h2-9,13H,10-12H2,1H3,(H,22,23,24). The van der Waals surface area contributed by atoms with Gasteiger partial charge in [-0.05, 0) is 42.8 Å². The summed E-state index contributed by atoms with van der Waals surface area (Å²) >= 11 is 9.10. The fourth-order valence-corrected chi connectivity index (χ4v) is 4.91. The van der Waals surface area contributed by atoms with E-state index in [1.807, 2.05) is 59.1 Å². The third kappa shape index (κ3) is 4.37. The number of H-pyrrole nitrogens is 1. The van der Waals surface area contributed by atoms with Crippen molar-refractivity contribution in [1.29, 1.82) is 0 Å². The summed E-state index contributed by atoms with van der Waals surface area (Å²) in [6.45, 7) is 2.94. The highest BCUT2D eigenvalue weighted by Crippen LogP contribution is 2.37. The fourth-order valence-electron chi connectivity index (χ4n) is 3.00. The van der Waals surface area contributed by atoms with Gasteiger partial charge in [0.15, 0.2) is 5.82 Å². The molecule has 0 saturated carbocycles. The molecule has 144 valence electrons. The molecule has 0 spiro atoms. The molecular weight excluding hydrogens is 412 g/mol. The van der Waals surface area contributed by atoms with Gasteiger partial charge in [0.2, 0.25) is 11.1 Å². The van der Waals surface area contributed by atoms with Crippen LogP contribution < -0.4 is 4.90 Å². The van der Waals surface area contributed by atoms with Crippen LogP contribution >= 0.6 is 35.1 Å². The second-order valence-electron chi connectivity index (χ2n) is 6.49. The van der Waals surface area contributed by atoms with Crippen LogP contribution in [0.25, 0.3) is 11.4 Å². The molecule has 3 aromatic rings. The molecule has 4 rings (SSSR count). The average molecular weight is 431 g/mol. The van der Waals surface area contributed by atoms with Gasteiger partial charge < -0.3 is 4.90 Å². The molecular formula is C20H19ClN4OS2. The molecule has 1 aliphatic heterocycles. The number of carbonyl (C=O) groups excluding carboxylic acids is 1. The van der Waals surface area contributed by atoms with Crippen molar-refractivity contribution in [2.24, 2.45) is 0 Å². The Morgan fingerprint density at radius 2 is 2.07 bits per heavy atom. The van der Waals surface area contributed by atoms with E-state index in [4.69, 9.17) is 11.6 Å². The van der Waals surface area contributed by atoms with Crippen molar-refractivity contribution in [1.82, 2.24) is 15.2 Å². The first-order valence-electron chi connectivity index (χ1n) is 8.97. The Hall–Kier alpha value is -1.96. The summed E-state index contributed by atoms with van der Waals surface area (Å²) in [6.07, 6.45) is 0.969. The molecule has 0 aliphatic carbocycles. The molecule has 5 nitrogen and oxygen atoms in total. The lowest BCUT2D eigenvalue weighted by Crippen LogP contribution is -2.33. The van der Waals surface area contributed by atoms with Crippen molar-refractivity contribution in [2.75, 3.05) is 17.2 Å². The van der Waals surface area contributed by atoms with Gasteiger partial charge in [-0.15, -0.1) is 16.9 Å². The van der Waals surface area contributed by atoms with Crippen molar-refractivity contribution in [3.63, 3.8) is 0 Å². The number of aromatic amines is 1. The molecule has 0 radical (unpaired) electrons. The van der Waals surface area contributed by atoms with Crippen LogP contribution in [0.5, 0.6) is 0 Å². The Labute approximate surface area is 177 Å². The third-order valence-corrected chi connectivity index (χ3v) is 6.77. The number of carbonyl (C=O) groups is 1. The van der Waals surface area contributed by atoms with Crippen LogP contribution in [-0.2, 0) is 4.79 Å². The molecule has 1 aromatic heterocycles. The summed E-state index contributed by atoms with van der Waals surface area (Å²) in [5.74, 6) is 1.03. The first-order chi connectivity index (χ1) is 13.6. The molecule has 0 saturated heterocycles. The second-order valence-corrected chi connectivity index (χ2v) is 9.35. The number of nitrogens with zero attached hydrogens (tertiary/aromatic N) is 3. The van der Waals surface area contributed by atoms with Crippen LogP contribution in [0.3, 0.4) is 0 Å². The zero-order valence-corrected chi connectivity index (χ0v) is 17.7. The minimum atomic E-state index is 0.0741. The molecule has 0 bridgehead atoms. The molecule has 2 aromatic carbocycles. The van der Waals surface area contributed by atoms with E-state index in [-0.39, 0.29) is 5.91 Å². The largest absolute Gasteiger partial charge is 0.311 e. The number of fused-ring (bicyclic) bond motifs is 1. The summed E-state index contributed by atoms with van der Waals surface area (Å²) in [4.78, 5) is 20.5. The maximum absolute atomic E-state index is 12.9. The van der Waals surface area contributed by atoms with Gasteiger partial charge in [0, 0.05) is 27.3 Å². The number of aromatic nitrogens is 3. The maximum atomic E-state index is 12.9. The van der Waals surface area contributed by atoms with Crippen LogP contribution in [0.2, 0.25) is 5.02 Å². The minimum absolute atomic E-state index is 0.0741. The molecule has 1 atom stereocenters. The second kappa shape index (κ2) is 8.59. The molecule has 1 aliphatic rings. The van der Waals surface area contributed by atoms with Crippen molar-refractivity contribution < 1.29 is 4.79 Å². The van der Waals surface area contributed by atoms with E-state index in [1.165, 1.54) is 11.8 Å². The Kier molecular flexibility index (Phi) is 5.94. The SMILES string of the molecule is CC1CCN(C(=O)CSc2n[nH]c(-c3ccc(Cl)cc3)n2)c2ccccc2S1. The summed E-state index contributed by atoms with van der Waals surface area (Å²) in [5, 5.41) is 8.87. The number of benzene rings is 2. The third-order valence-electron chi connectivity index (χ3n) is 4.45. The van der Waals surface area contributed by atoms with E-state index < -0.39 is 0 Å². The van der Waals surface area contributed by atoms with Gasteiger partial charge in [-0.1, -0.05) is 42.4 Å². The van der Waals surface area contributed by atoms with Gasteiger partial charge in [-0.2, -0.15) is 0 Å². The van der Waals surface area contributed by atoms with Crippen molar-refractivity contribution in [3.8, 4) is 11.4 Å². The van der Waals surface area contributed by atoms with Crippen molar-refractivity contribution >= 4 is 46.7 Å². The van der Waals surface area contributed by atoms with Crippen LogP contribution in [-0.4, -0.2) is 38.6 Å². The first-order valence-corrected chi connectivity index (χ1v) is 11.2. The molecule has 28 heavy (non-hydrogen) atoms. The van der Waals surface area contributed by atoms with Gasteiger partial charge >= 0.3 is 0 Å². The zero-order valence-electron chi connectivity index (χ0n) is 15.3. The number of amides is 1. The lowest BCUT2D eigenvalue weighted by molar-refractivity contribution is -0.116. The van der Waals surface area contributed by atoms with Crippen molar-refractivity contribution in [2.45, 2.75) is 28.6 Å². The topological polar surface area (TPSA) is 61.9 Å². The average Bonchev–Trinajstić information content (AvgIpc) is 3.10. The van der Waals surface area contributed by atoms with E-state index in [9.17, 15) is 4.79 Å². The van der Waals surface area contributed by atoms with Gasteiger partial charge in [-0.3, -0.25) is 9.89 Å². The fraction of sp³-hybridized carbons (Fsp3) is 0.250. The first kappa shape index (κ1) is 19.4. The molecule has 1 unspecified atom stereocenters. The van der Waals surface area contributed by atoms with Gasteiger partial charge in [0.05, 0.1) is 11.4 Å². The van der Waals surface area contributed by atoms with E-state index in [0.29, 0.717) is 27.0 Å². The summed E-state index contributed by atoms with van der Waals surface area (Å²) < 4.78 is 0. The Morgan fingerprint density at radius 1 is 1.29 bits per heavy atom. The highest BCUT2D eigenvalue weighted by atomic mass is 35.5. The molecule has 1 amide bonds. The lowest BCUT2D eigenvalue weighted by Gasteiger charge is -2.22. The zero-order chi connectivity index (χ0) is 19.5. The van der Waals surface area contributed by atoms with Gasteiger partial charge in [0.25, 0.3) is 0 Å². The van der Waals surface area contributed by atoms with Crippen LogP contribution in [0.4, 0.5) is 5.69 Å². The predicted molar refractivity (Wildman–Crippen MR) is 116 cm³/mol. The highest BCUT2D eigenvalue weighted by Gasteiger charge is 2.24. The number of anilines is 1. The van der Waals surface area contributed by atoms with E-state index in [2.05, 4.69) is 28.2 Å². The van der Waals surface area contributed by atoms with E-state index >= 15 is 0 Å². The predicted octanol–water partition coefficient (Wildman–Crippen LogP) is 5.13. The number of hydrogen-bond donors (Lipinski definition) is 1. The number of rotatable bonds is 4.